The van der Waals surface area contributed by atoms with Crippen molar-refractivity contribution in [1.82, 2.24) is 9.80 Å². The van der Waals surface area contributed by atoms with Crippen LogP contribution in [0.25, 0.3) is 0 Å². The molecule has 1 aliphatic rings. The smallest absolute Gasteiger partial charge is 0.239 e. The van der Waals surface area contributed by atoms with Crippen LogP contribution >= 0.6 is 0 Å². The van der Waals surface area contributed by atoms with Gasteiger partial charge in [0.25, 0.3) is 0 Å². The molecule has 0 radical (unpaired) electrons. The third kappa shape index (κ3) is 5.46. The van der Waals surface area contributed by atoms with Crippen molar-refractivity contribution in [2.75, 3.05) is 39.1 Å². The molecular formula is C20H31N3O3. The fourth-order valence-corrected chi connectivity index (χ4v) is 3.53. The van der Waals surface area contributed by atoms with Crippen LogP contribution in [0.5, 0.6) is 5.75 Å². The fraction of sp³-hybridized carbons (Fsp3) is 0.600. The van der Waals surface area contributed by atoms with Gasteiger partial charge < -0.3 is 15.0 Å². The van der Waals surface area contributed by atoms with Crippen molar-refractivity contribution in [2.45, 2.75) is 33.2 Å². The molecular weight excluding hydrogens is 330 g/mol. The van der Waals surface area contributed by atoms with Crippen molar-refractivity contribution >= 4 is 17.5 Å². The van der Waals surface area contributed by atoms with E-state index in [0.717, 1.165) is 25.3 Å². The van der Waals surface area contributed by atoms with Crippen LogP contribution in [-0.2, 0) is 9.59 Å². The number of amides is 2. The summed E-state index contributed by atoms with van der Waals surface area (Å²) in [5.41, 5.74) is 0.710. The van der Waals surface area contributed by atoms with E-state index >= 15 is 0 Å². The first kappa shape index (κ1) is 20.2. The summed E-state index contributed by atoms with van der Waals surface area (Å²) in [6.45, 7) is 8.02. The lowest BCUT2D eigenvalue weighted by atomic mass is 9.91. The summed E-state index contributed by atoms with van der Waals surface area (Å²) in [6.07, 6.45) is 1.16. The molecule has 26 heavy (non-hydrogen) atoms. The lowest BCUT2D eigenvalue weighted by Gasteiger charge is -2.38. The molecule has 1 saturated heterocycles. The number of anilines is 1. The number of likely N-dealkylation sites (N-methyl/N-ethyl adjacent to an activating group) is 1. The van der Waals surface area contributed by atoms with Gasteiger partial charge in [-0.25, -0.2) is 0 Å². The van der Waals surface area contributed by atoms with Crippen LogP contribution in [0.15, 0.2) is 24.3 Å². The summed E-state index contributed by atoms with van der Waals surface area (Å²) in [5.74, 6) is 1.75. The van der Waals surface area contributed by atoms with Crippen LogP contribution < -0.4 is 10.1 Å². The summed E-state index contributed by atoms with van der Waals surface area (Å²) >= 11 is 0. The van der Waals surface area contributed by atoms with Gasteiger partial charge >= 0.3 is 0 Å². The first-order valence-corrected chi connectivity index (χ1v) is 9.23. The molecule has 1 aliphatic heterocycles. The maximum absolute atomic E-state index is 12.8. The number of methoxy groups -OCH3 is 1. The van der Waals surface area contributed by atoms with E-state index < -0.39 is 0 Å². The van der Waals surface area contributed by atoms with Gasteiger partial charge in [-0.15, -0.1) is 0 Å². The molecule has 0 saturated carbocycles. The molecule has 1 aromatic carbocycles. The number of hydrogen-bond acceptors (Lipinski definition) is 4. The Labute approximate surface area is 156 Å². The largest absolute Gasteiger partial charge is 0.497 e. The van der Waals surface area contributed by atoms with Crippen molar-refractivity contribution in [3.8, 4) is 5.75 Å². The number of benzene rings is 1. The van der Waals surface area contributed by atoms with Crippen molar-refractivity contribution < 1.29 is 14.3 Å². The summed E-state index contributed by atoms with van der Waals surface area (Å²) in [6, 6.07) is 6.85. The van der Waals surface area contributed by atoms with Crippen LogP contribution in [0.4, 0.5) is 5.69 Å². The van der Waals surface area contributed by atoms with Gasteiger partial charge in [0.15, 0.2) is 0 Å². The molecule has 0 bridgehead atoms. The molecule has 1 fully saturated rings. The number of nitrogens with zero attached hydrogens (tertiary/aromatic N) is 2. The molecule has 144 valence electrons. The number of ether oxygens (including phenoxy) is 1. The summed E-state index contributed by atoms with van der Waals surface area (Å²) in [7, 11) is 3.41. The second kappa shape index (κ2) is 9.03. The minimum atomic E-state index is -0.325. The molecule has 0 unspecified atom stereocenters. The molecule has 0 spiro atoms. The average molecular weight is 361 g/mol. The minimum Gasteiger partial charge on any atom is -0.497 e. The van der Waals surface area contributed by atoms with Gasteiger partial charge in [-0.1, -0.05) is 13.8 Å². The molecule has 1 aromatic rings. The third-order valence-electron chi connectivity index (χ3n) is 4.97. The van der Waals surface area contributed by atoms with Gasteiger partial charge in [-0.2, -0.15) is 0 Å². The van der Waals surface area contributed by atoms with Crippen molar-refractivity contribution in [1.29, 1.82) is 0 Å². The molecule has 3 atom stereocenters. The van der Waals surface area contributed by atoms with E-state index in [4.69, 9.17) is 4.74 Å². The van der Waals surface area contributed by atoms with Gasteiger partial charge in [-0.05, 0) is 56.5 Å². The number of rotatable bonds is 6. The number of nitrogens with one attached hydrogen (secondary N) is 1. The zero-order valence-electron chi connectivity index (χ0n) is 16.5. The fourth-order valence-electron chi connectivity index (χ4n) is 3.53. The normalized spacial score (nSPS) is 21.4. The topological polar surface area (TPSA) is 61.9 Å². The predicted octanol–water partition coefficient (Wildman–Crippen LogP) is 2.46. The number of hydrogen-bond donors (Lipinski definition) is 1. The second-order valence-electron chi connectivity index (χ2n) is 7.56. The van der Waals surface area contributed by atoms with Gasteiger partial charge in [-0.3, -0.25) is 14.5 Å². The van der Waals surface area contributed by atoms with Crippen LogP contribution in [0.1, 0.15) is 27.2 Å². The lowest BCUT2D eigenvalue weighted by Crippen LogP contribution is -2.51. The summed E-state index contributed by atoms with van der Waals surface area (Å²) in [5, 5.41) is 2.85. The Morgan fingerprint density at radius 2 is 1.81 bits per heavy atom. The highest BCUT2D eigenvalue weighted by Gasteiger charge is 2.30. The number of likely N-dealkylation sites (tertiary alicyclic amines) is 1. The molecule has 0 aliphatic carbocycles. The highest BCUT2D eigenvalue weighted by molar-refractivity contribution is 5.92. The maximum Gasteiger partial charge on any atom is 0.239 e. The second-order valence-corrected chi connectivity index (χ2v) is 7.56. The summed E-state index contributed by atoms with van der Waals surface area (Å²) in [4.78, 5) is 28.8. The van der Waals surface area contributed by atoms with Crippen molar-refractivity contribution in [3.05, 3.63) is 24.3 Å². The third-order valence-corrected chi connectivity index (χ3v) is 4.97. The first-order chi connectivity index (χ1) is 12.3. The Balaban J connectivity index is 1.87. The Kier molecular flexibility index (Phi) is 7.03. The molecule has 2 amide bonds. The lowest BCUT2D eigenvalue weighted by molar-refractivity contribution is -0.139. The van der Waals surface area contributed by atoms with E-state index in [9.17, 15) is 9.59 Å². The number of piperidine rings is 1. The standard InChI is InChI=1S/C20H31N3O3/c1-14-10-15(2)12-23(11-14)20(25)16(3)22(4)13-19(24)21-17-6-8-18(26-5)9-7-17/h6-9,14-16H,10-13H2,1-5H3,(H,21,24)/t14-,15-,16-/m1/s1. The minimum absolute atomic E-state index is 0.100. The van der Waals surface area contributed by atoms with E-state index in [1.807, 2.05) is 18.9 Å². The van der Waals surface area contributed by atoms with Crippen LogP contribution in [0, 0.1) is 11.8 Å². The molecule has 0 aromatic heterocycles. The van der Waals surface area contributed by atoms with E-state index in [2.05, 4.69) is 19.2 Å². The van der Waals surface area contributed by atoms with Crippen LogP contribution in [0.3, 0.4) is 0 Å². The Hall–Kier alpha value is -2.08. The van der Waals surface area contributed by atoms with Gasteiger partial charge in [0.05, 0.1) is 19.7 Å². The van der Waals surface area contributed by atoms with E-state index in [0.29, 0.717) is 17.5 Å². The van der Waals surface area contributed by atoms with Crippen molar-refractivity contribution in [2.24, 2.45) is 11.8 Å². The van der Waals surface area contributed by atoms with Gasteiger partial charge in [0, 0.05) is 18.8 Å². The zero-order valence-corrected chi connectivity index (χ0v) is 16.5. The summed E-state index contributed by atoms with van der Waals surface area (Å²) < 4.78 is 5.11. The molecule has 6 nitrogen and oxygen atoms in total. The van der Waals surface area contributed by atoms with Crippen LogP contribution in [-0.4, -0.2) is 61.4 Å². The highest BCUT2D eigenvalue weighted by atomic mass is 16.5. The Bertz CT molecular complexity index is 607. The molecule has 1 N–H and O–H groups in total. The average Bonchev–Trinajstić information content (AvgIpc) is 2.60. The molecule has 2 rings (SSSR count). The van der Waals surface area contributed by atoms with Gasteiger partial charge in [0.1, 0.15) is 5.75 Å². The van der Waals surface area contributed by atoms with Crippen LogP contribution in [0.2, 0.25) is 0 Å². The predicted molar refractivity (Wildman–Crippen MR) is 103 cm³/mol. The number of carbonyl (C=O) groups excluding carboxylic acids is 2. The monoisotopic (exact) mass is 361 g/mol. The highest BCUT2D eigenvalue weighted by Crippen LogP contribution is 2.22. The quantitative estimate of drug-likeness (QED) is 0.845. The van der Waals surface area contributed by atoms with Crippen molar-refractivity contribution in [3.63, 3.8) is 0 Å². The van der Waals surface area contributed by atoms with E-state index in [-0.39, 0.29) is 24.4 Å². The molecule has 1 heterocycles. The molecule has 6 heteroatoms. The first-order valence-electron chi connectivity index (χ1n) is 9.23. The Morgan fingerprint density at radius 1 is 1.23 bits per heavy atom. The SMILES string of the molecule is COc1ccc(NC(=O)CN(C)[C@H](C)C(=O)N2C[C@H](C)C[C@@H](C)C2)cc1. The van der Waals surface area contributed by atoms with E-state index in [1.165, 1.54) is 0 Å². The number of carbonyl (C=O) groups is 2. The Morgan fingerprint density at radius 3 is 2.35 bits per heavy atom. The van der Waals surface area contributed by atoms with Gasteiger partial charge in [0.2, 0.25) is 11.8 Å². The van der Waals surface area contributed by atoms with E-state index in [1.54, 1.807) is 36.3 Å². The zero-order chi connectivity index (χ0) is 19.3. The maximum atomic E-state index is 12.8.